The van der Waals surface area contributed by atoms with E-state index in [1.165, 1.54) is 18.4 Å². The van der Waals surface area contributed by atoms with Crippen molar-refractivity contribution in [2.45, 2.75) is 85.6 Å². The van der Waals surface area contributed by atoms with Gasteiger partial charge in [-0.3, -0.25) is 14.5 Å². The molecule has 1 aliphatic heterocycles. The summed E-state index contributed by atoms with van der Waals surface area (Å²) in [6.45, 7) is 11.1. The third-order valence-electron chi connectivity index (χ3n) is 8.07. The number of hydrogen-bond acceptors (Lipinski definition) is 10. The Kier molecular flexibility index (Phi) is 13.6. The molecule has 0 saturated carbocycles. The first-order chi connectivity index (χ1) is 23.6. The Bertz CT molecular complexity index is 1630. The van der Waals surface area contributed by atoms with Crippen molar-refractivity contribution in [3.63, 3.8) is 0 Å². The highest BCUT2D eigenvalue weighted by Gasteiger charge is 2.48. The number of anilines is 1. The van der Waals surface area contributed by atoms with Crippen LogP contribution in [0, 0.1) is 12.8 Å². The number of amides is 1. The van der Waals surface area contributed by atoms with Gasteiger partial charge in [-0.2, -0.15) is 0 Å². The molecule has 1 amide bonds. The molecular formula is C38H48N2O8S. The number of carbonyl (C=O) groups is 3. The molecule has 0 unspecified atom stereocenters. The molecule has 264 valence electrons. The number of ether oxygens (including phenoxy) is 4. The molecule has 3 aromatic rings. The van der Waals surface area contributed by atoms with Crippen molar-refractivity contribution in [3.05, 3.63) is 69.7 Å². The normalized spacial score (nSPS) is 15.6. The number of ketones is 1. The van der Waals surface area contributed by atoms with Crippen LogP contribution in [0.3, 0.4) is 0 Å². The number of thiazole rings is 1. The lowest BCUT2D eigenvalue weighted by atomic mass is 9.95. The Labute approximate surface area is 293 Å². The maximum atomic E-state index is 13.8. The standard InChI is InChI=1S/C38H48N2O8S/c1-7-9-11-12-13-21-47-29-19-16-27(22-30(29)45-6)32-31(33(41)26-14-17-28(18-15-26)46-20-10-8-2)34(42)36(43)40(32)38-39-25(5)35(49-38)37(44)48-23-24(3)4/h14-19,22,24,32,41H,7-13,20-21,23H2,1-6H3/t32-/m1/s1. The number of aryl methyl sites for hydroxylation is 1. The Morgan fingerprint density at radius 3 is 2.31 bits per heavy atom. The highest BCUT2D eigenvalue weighted by Crippen LogP contribution is 2.45. The van der Waals surface area contributed by atoms with Gasteiger partial charge < -0.3 is 24.1 Å². The van der Waals surface area contributed by atoms with Crippen LogP contribution in [0.5, 0.6) is 17.2 Å². The van der Waals surface area contributed by atoms with Gasteiger partial charge in [0.15, 0.2) is 16.6 Å². The van der Waals surface area contributed by atoms with E-state index >= 15 is 0 Å². The fraction of sp³-hybridized carbons (Fsp3) is 0.474. The highest BCUT2D eigenvalue weighted by atomic mass is 32.1. The van der Waals surface area contributed by atoms with E-state index in [-0.39, 0.29) is 33.9 Å². The van der Waals surface area contributed by atoms with E-state index in [1.54, 1.807) is 49.4 Å². The van der Waals surface area contributed by atoms with Gasteiger partial charge >= 0.3 is 11.9 Å². The minimum absolute atomic E-state index is 0.118. The lowest BCUT2D eigenvalue weighted by Gasteiger charge is -2.24. The second-order valence-electron chi connectivity index (χ2n) is 12.5. The lowest BCUT2D eigenvalue weighted by molar-refractivity contribution is -0.132. The van der Waals surface area contributed by atoms with Crippen LogP contribution < -0.4 is 19.1 Å². The number of aromatic nitrogens is 1. The summed E-state index contributed by atoms with van der Waals surface area (Å²) in [5, 5.41) is 11.8. The highest BCUT2D eigenvalue weighted by molar-refractivity contribution is 7.17. The van der Waals surface area contributed by atoms with Crippen molar-refractivity contribution in [2.24, 2.45) is 5.92 Å². The number of methoxy groups -OCH3 is 1. The molecule has 0 bridgehead atoms. The molecule has 49 heavy (non-hydrogen) atoms. The number of nitrogens with zero attached hydrogens (tertiary/aromatic N) is 2. The lowest BCUT2D eigenvalue weighted by Crippen LogP contribution is -2.29. The van der Waals surface area contributed by atoms with Gasteiger partial charge in [0.1, 0.15) is 16.4 Å². The Morgan fingerprint density at radius 1 is 0.939 bits per heavy atom. The first-order valence-corrected chi connectivity index (χ1v) is 17.9. The summed E-state index contributed by atoms with van der Waals surface area (Å²) >= 11 is 0.964. The van der Waals surface area contributed by atoms with Gasteiger partial charge in [-0.15, -0.1) is 0 Å². The summed E-state index contributed by atoms with van der Waals surface area (Å²) < 4.78 is 22.9. The largest absolute Gasteiger partial charge is 0.507 e. The molecule has 1 atom stereocenters. The molecular weight excluding hydrogens is 644 g/mol. The number of aliphatic hydroxyl groups is 1. The number of unbranched alkanes of at least 4 members (excludes halogenated alkanes) is 5. The number of hydrogen-bond donors (Lipinski definition) is 1. The smallest absolute Gasteiger partial charge is 0.350 e. The van der Waals surface area contributed by atoms with Gasteiger partial charge in [0.25, 0.3) is 5.78 Å². The van der Waals surface area contributed by atoms with Crippen LogP contribution in [-0.4, -0.2) is 54.7 Å². The number of aliphatic hydroxyl groups excluding tert-OH is 1. The van der Waals surface area contributed by atoms with Crippen molar-refractivity contribution < 1.29 is 38.4 Å². The zero-order chi connectivity index (χ0) is 35.5. The van der Waals surface area contributed by atoms with Gasteiger partial charge in [-0.1, -0.05) is 77.2 Å². The zero-order valence-corrected chi connectivity index (χ0v) is 30.2. The van der Waals surface area contributed by atoms with E-state index in [0.29, 0.717) is 47.3 Å². The molecule has 0 aliphatic carbocycles. The summed E-state index contributed by atoms with van der Waals surface area (Å²) in [6.07, 6.45) is 7.37. The van der Waals surface area contributed by atoms with Crippen LogP contribution in [0.15, 0.2) is 48.0 Å². The van der Waals surface area contributed by atoms with Gasteiger partial charge in [-0.05, 0) is 67.6 Å². The molecule has 10 nitrogen and oxygen atoms in total. The van der Waals surface area contributed by atoms with Gasteiger partial charge in [-0.25, -0.2) is 9.78 Å². The predicted octanol–water partition coefficient (Wildman–Crippen LogP) is 8.43. The van der Waals surface area contributed by atoms with Crippen LogP contribution in [0.4, 0.5) is 5.13 Å². The van der Waals surface area contributed by atoms with Crippen LogP contribution in [0.25, 0.3) is 5.76 Å². The second kappa shape index (κ2) is 17.9. The van der Waals surface area contributed by atoms with E-state index in [9.17, 15) is 19.5 Å². The van der Waals surface area contributed by atoms with Gasteiger partial charge in [0.2, 0.25) is 0 Å². The van der Waals surface area contributed by atoms with Gasteiger partial charge in [0, 0.05) is 5.56 Å². The maximum Gasteiger partial charge on any atom is 0.350 e. The maximum absolute atomic E-state index is 13.8. The summed E-state index contributed by atoms with van der Waals surface area (Å²) in [5.41, 5.74) is 1.08. The monoisotopic (exact) mass is 692 g/mol. The molecule has 0 radical (unpaired) electrons. The number of Topliss-reactive ketones (excluding diaryl/α,β-unsaturated/α-hetero) is 1. The van der Waals surface area contributed by atoms with Crippen LogP contribution >= 0.6 is 11.3 Å². The predicted molar refractivity (Wildman–Crippen MR) is 191 cm³/mol. The minimum Gasteiger partial charge on any atom is -0.507 e. The molecule has 1 aromatic heterocycles. The van der Waals surface area contributed by atoms with Crippen molar-refractivity contribution in [3.8, 4) is 17.2 Å². The van der Waals surface area contributed by atoms with Gasteiger partial charge in [0.05, 0.1) is 44.2 Å². The third kappa shape index (κ3) is 9.20. The number of esters is 1. The van der Waals surface area contributed by atoms with Crippen molar-refractivity contribution in [1.82, 2.24) is 4.98 Å². The second-order valence-corrected chi connectivity index (χ2v) is 13.4. The molecule has 1 saturated heterocycles. The summed E-state index contributed by atoms with van der Waals surface area (Å²) in [4.78, 5) is 46.6. The summed E-state index contributed by atoms with van der Waals surface area (Å²) in [5.74, 6) is -0.958. The third-order valence-corrected chi connectivity index (χ3v) is 9.21. The van der Waals surface area contributed by atoms with Crippen LogP contribution in [0.2, 0.25) is 0 Å². The molecule has 2 aromatic carbocycles. The van der Waals surface area contributed by atoms with E-state index < -0.39 is 23.7 Å². The average Bonchev–Trinajstić information content (AvgIpc) is 3.61. The summed E-state index contributed by atoms with van der Waals surface area (Å²) in [6, 6.07) is 10.8. The fourth-order valence-corrected chi connectivity index (χ4v) is 6.38. The SMILES string of the molecule is CCCCCCCOc1ccc([C@@H]2C(=C(O)c3ccc(OCCCC)cc3)C(=O)C(=O)N2c2nc(C)c(C(=O)OCC(C)C)s2)cc1OC. The van der Waals surface area contributed by atoms with E-state index in [0.717, 1.165) is 49.9 Å². The minimum atomic E-state index is -1.08. The Morgan fingerprint density at radius 2 is 1.63 bits per heavy atom. The van der Waals surface area contributed by atoms with Crippen LogP contribution in [0.1, 0.15) is 105 Å². The molecule has 0 spiro atoms. The molecule has 1 aliphatic rings. The molecule has 1 fully saturated rings. The topological polar surface area (TPSA) is 124 Å². The number of carbonyl (C=O) groups excluding carboxylic acids is 3. The molecule has 1 N–H and O–H groups in total. The Balaban J connectivity index is 1.76. The molecule has 4 rings (SSSR count). The molecule has 11 heteroatoms. The number of benzene rings is 2. The van der Waals surface area contributed by atoms with Crippen LogP contribution in [-0.2, 0) is 14.3 Å². The van der Waals surface area contributed by atoms with E-state index in [1.807, 2.05) is 13.8 Å². The van der Waals surface area contributed by atoms with Crippen molar-refractivity contribution in [2.75, 3.05) is 31.8 Å². The summed E-state index contributed by atoms with van der Waals surface area (Å²) in [7, 11) is 1.52. The fourth-order valence-electron chi connectivity index (χ4n) is 5.39. The quantitative estimate of drug-likeness (QED) is 0.0460. The average molecular weight is 693 g/mol. The number of rotatable bonds is 18. The zero-order valence-electron chi connectivity index (χ0n) is 29.4. The first kappa shape index (κ1) is 37.4. The van der Waals surface area contributed by atoms with E-state index in [4.69, 9.17) is 18.9 Å². The van der Waals surface area contributed by atoms with Crippen molar-refractivity contribution >= 4 is 39.9 Å². The van der Waals surface area contributed by atoms with Crippen molar-refractivity contribution in [1.29, 1.82) is 0 Å². The Hall–Kier alpha value is -4.38. The molecule has 2 heterocycles. The first-order valence-electron chi connectivity index (χ1n) is 17.1. The van der Waals surface area contributed by atoms with E-state index in [2.05, 4.69) is 18.8 Å².